The molecule has 0 bridgehead atoms. The van der Waals surface area contributed by atoms with Gasteiger partial charge in [-0.2, -0.15) is 0 Å². The van der Waals surface area contributed by atoms with Crippen LogP contribution in [0.3, 0.4) is 0 Å². The molecule has 2 rings (SSSR count). The van der Waals surface area contributed by atoms with Gasteiger partial charge in [-0.05, 0) is 24.6 Å². The molecule has 1 aromatic heterocycles. The Morgan fingerprint density at radius 1 is 1.20 bits per heavy atom. The maximum Gasteiger partial charge on any atom is 0.131 e. The highest BCUT2D eigenvalue weighted by molar-refractivity contribution is 6.07. The van der Waals surface area contributed by atoms with Crippen LogP contribution in [0.4, 0.5) is 5.82 Å². The predicted molar refractivity (Wildman–Crippen MR) is 84.6 cm³/mol. The molecule has 2 aromatic rings. The Labute approximate surface area is 119 Å². The monoisotopic (exact) mass is 266 g/mol. The molecule has 20 heavy (non-hydrogen) atoms. The van der Waals surface area contributed by atoms with Crippen molar-refractivity contribution in [3.8, 4) is 0 Å². The first-order valence-corrected chi connectivity index (χ1v) is 6.38. The lowest BCUT2D eigenvalue weighted by atomic mass is 10.1. The number of nitrogens with two attached hydrogens (primary N) is 1. The van der Waals surface area contributed by atoms with Crippen molar-refractivity contribution in [1.82, 2.24) is 4.98 Å². The first kappa shape index (κ1) is 13.8. The summed E-state index contributed by atoms with van der Waals surface area (Å²) in [4.78, 5) is 8.37. The highest BCUT2D eigenvalue weighted by Gasteiger charge is 2.01. The molecule has 0 saturated carbocycles. The van der Waals surface area contributed by atoms with Crippen molar-refractivity contribution >= 4 is 17.4 Å². The molecule has 0 atom stereocenters. The van der Waals surface area contributed by atoms with Gasteiger partial charge in [0.25, 0.3) is 0 Å². The number of nitrogens with zero attached hydrogens (tertiary/aromatic N) is 2. The van der Waals surface area contributed by atoms with E-state index in [1.54, 1.807) is 19.3 Å². The van der Waals surface area contributed by atoms with Gasteiger partial charge in [0.1, 0.15) is 11.7 Å². The summed E-state index contributed by atoms with van der Waals surface area (Å²) in [5.74, 6) is 1.41. The molecule has 0 saturated heterocycles. The molecule has 0 aliphatic rings. The van der Waals surface area contributed by atoms with Gasteiger partial charge in [-0.25, -0.2) is 4.98 Å². The van der Waals surface area contributed by atoms with Crippen LogP contribution in [-0.4, -0.2) is 17.9 Å². The average Bonchev–Trinajstić information content (AvgIpc) is 2.48. The van der Waals surface area contributed by atoms with Crippen LogP contribution in [0.15, 0.2) is 59.7 Å². The molecule has 0 radical (unpaired) electrons. The van der Waals surface area contributed by atoms with Gasteiger partial charge in [-0.15, -0.1) is 0 Å². The van der Waals surface area contributed by atoms with E-state index in [4.69, 9.17) is 5.73 Å². The number of hydrogen-bond donors (Lipinski definition) is 2. The van der Waals surface area contributed by atoms with Crippen molar-refractivity contribution in [1.29, 1.82) is 0 Å². The molecule has 0 fully saturated rings. The van der Waals surface area contributed by atoms with Gasteiger partial charge in [0.05, 0.1) is 0 Å². The van der Waals surface area contributed by atoms with Crippen LogP contribution >= 0.6 is 0 Å². The number of anilines is 1. The van der Waals surface area contributed by atoms with Crippen molar-refractivity contribution in [3.05, 3.63) is 65.9 Å². The SMILES string of the molecule is CN=C(/C=C(\N)c1ccc(C)cc1)Nc1ccccn1. The lowest BCUT2D eigenvalue weighted by Gasteiger charge is -2.07. The maximum absolute atomic E-state index is 6.10. The fraction of sp³-hybridized carbons (Fsp3) is 0.125. The summed E-state index contributed by atoms with van der Waals surface area (Å²) in [5, 5.41) is 3.12. The van der Waals surface area contributed by atoms with Gasteiger partial charge in [-0.3, -0.25) is 4.99 Å². The molecule has 102 valence electrons. The summed E-state index contributed by atoms with van der Waals surface area (Å²) < 4.78 is 0. The summed E-state index contributed by atoms with van der Waals surface area (Å²) in [6.07, 6.45) is 3.53. The average molecular weight is 266 g/mol. The summed E-state index contributed by atoms with van der Waals surface area (Å²) in [6, 6.07) is 13.7. The Balaban J connectivity index is 2.16. The van der Waals surface area contributed by atoms with E-state index in [-0.39, 0.29) is 0 Å². The van der Waals surface area contributed by atoms with Crippen molar-refractivity contribution in [2.75, 3.05) is 12.4 Å². The molecule has 0 amide bonds. The van der Waals surface area contributed by atoms with Crippen LogP contribution in [-0.2, 0) is 0 Å². The number of aromatic nitrogens is 1. The van der Waals surface area contributed by atoms with E-state index in [1.807, 2.05) is 49.4 Å². The highest BCUT2D eigenvalue weighted by atomic mass is 15.0. The second-order valence-corrected chi connectivity index (χ2v) is 4.41. The largest absolute Gasteiger partial charge is 0.398 e. The third kappa shape index (κ3) is 3.68. The number of amidine groups is 1. The minimum absolute atomic E-state index is 0.661. The van der Waals surface area contributed by atoms with Crippen LogP contribution in [0.2, 0.25) is 0 Å². The topological polar surface area (TPSA) is 63.3 Å². The molecule has 3 N–H and O–H groups in total. The Morgan fingerprint density at radius 3 is 2.55 bits per heavy atom. The van der Waals surface area contributed by atoms with Crippen LogP contribution in [0.5, 0.6) is 0 Å². The lowest BCUT2D eigenvalue weighted by molar-refractivity contribution is 1.31. The Bertz CT molecular complexity index is 613. The second-order valence-electron chi connectivity index (χ2n) is 4.41. The molecule has 1 heterocycles. The minimum Gasteiger partial charge on any atom is -0.398 e. The lowest BCUT2D eigenvalue weighted by Crippen LogP contribution is -2.12. The Kier molecular flexibility index (Phi) is 4.50. The van der Waals surface area contributed by atoms with Crippen LogP contribution in [0, 0.1) is 6.92 Å². The zero-order valence-corrected chi connectivity index (χ0v) is 11.7. The number of nitrogens with one attached hydrogen (secondary N) is 1. The smallest absolute Gasteiger partial charge is 0.131 e. The Morgan fingerprint density at radius 2 is 1.95 bits per heavy atom. The van der Waals surface area contributed by atoms with E-state index in [2.05, 4.69) is 15.3 Å². The first-order chi connectivity index (χ1) is 9.69. The summed E-state index contributed by atoms with van der Waals surface area (Å²) in [6.45, 7) is 2.05. The van der Waals surface area contributed by atoms with E-state index < -0.39 is 0 Å². The van der Waals surface area contributed by atoms with Crippen LogP contribution in [0.1, 0.15) is 11.1 Å². The molecule has 1 aromatic carbocycles. The van der Waals surface area contributed by atoms with Crippen molar-refractivity contribution in [2.45, 2.75) is 6.92 Å². The van der Waals surface area contributed by atoms with Crippen molar-refractivity contribution < 1.29 is 0 Å². The maximum atomic E-state index is 6.10. The fourth-order valence-corrected chi connectivity index (χ4v) is 1.70. The highest BCUT2D eigenvalue weighted by Crippen LogP contribution is 2.11. The quantitative estimate of drug-likeness (QED) is 0.663. The fourth-order valence-electron chi connectivity index (χ4n) is 1.70. The van der Waals surface area contributed by atoms with E-state index in [9.17, 15) is 0 Å². The number of aliphatic imine (C=N–C) groups is 1. The van der Waals surface area contributed by atoms with Gasteiger partial charge < -0.3 is 11.1 Å². The number of aryl methyl sites for hydroxylation is 1. The Hall–Kier alpha value is -2.62. The van der Waals surface area contributed by atoms with Crippen molar-refractivity contribution in [3.63, 3.8) is 0 Å². The summed E-state index contributed by atoms with van der Waals surface area (Å²) in [5.41, 5.74) is 8.93. The zero-order valence-electron chi connectivity index (χ0n) is 11.7. The van der Waals surface area contributed by atoms with Crippen molar-refractivity contribution in [2.24, 2.45) is 10.7 Å². The third-order valence-corrected chi connectivity index (χ3v) is 2.84. The van der Waals surface area contributed by atoms with Gasteiger partial charge in [0.2, 0.25) is 0 Å². The van der Waals surface area contributed by atoms with Gasteiger partial charge >= 0.3 is 0 Å². The molecular formula is C16H18N4. The molecule has 4 heteroatoms. The first-order valence-electron chi connectivity index (χ1n) is 6.38. The molecular weight excluding hydrogens is 248 g/mol. The number of hydrogen-bond acceptors (Lipinski definition) is 3. The van der Waals surface area contributed by atoms with E-state index in [1.165, 1.54) is 5.56 Å². The van der Waals surface area contributed by atoms with Crippen LogP contribution < -0.4 is 11.1 Å². The minimum atomic E-state index is 0.661. The normalized spacial score (nSPS) is 12.3. The van der Waals surface area contributed by atoms with E-state index >= 15 is 0 Å². The predicted octanol–water partition coefficient (Wildman–Crippen LogP) is 2.83. The molecule has 0 aliphatic heterocycles. The zero-order chi connectivity index (χ0) is 14.4. The number of pyridine rings is 1. The van der Waals surface area contributed by atoms with Gasteiger partial charge in [0, 0.05) is 25.0 Å². The van der Waals surface area contributed by atoms with E-state index in [0.29, 0.717) is 11.5 Å². The molecule has 0 aliphatic carbocycles. The molecule has 0 unspecified atom stereocenters. The number of rotatable bonds is 3. The van der Waals surface area contributed by atoms with Gasteiger partial charge in [0.15, 0.2) is 0 Å². The molecule has 4 nitrogen and oxygen atoms in total. The van der Waals surface area contributed by atoms with E-state index in [0.717, 1.165) is 11.4 Å². The second kappa shape index (κ2) is 6.52. The third-order valence-electron chi connectivity index (χ3n) is 2.84. The summed E-state index contributed by atoms with van der Waals surface area (Å²) >= 11 is 0. The number of benzene rings is 1. The van der Waals surface area contributed by atoms with Crippen LogP contribution in [0.25, 0.3) is 5.70 Å². The molecule has 0 spiro atoms. The standard InChI is InChI=1S/C16H18N4/c1-12-6-8-13(9-7-12)14(17)11-16(18-2)20-15-5-3-4-10-19-15/h3-11H,17H2,1-2H3,(H,18,19,20)/b14-11-. The van der Waals surface area contributed by atoms with Gasteiger partial charge in [-0.1, -0.05) is 35.9 Å². The summed E-state index contributed by atoms with van der Waals surface area (Å²) in [7, 11) is 1.71.